The van der Waals surface area contributed by atoms with Crippen LogP contribution in [0.2, 0.25) is 0 Å². The van der Waals surface area contributed by atoms with Gasteiger partial charge >= 0.3 is 6.03 Å². The number of thiophene rings is 1. The summed E-state index contributed by atoms with van der Waals surface area (Å²) in [5, 5.41) is 11.9. The van der Waals surface area contributed by atoms with E-state index in [1.165, 1.54) is 0 Å². The average Bonchev–Trinajstić information content (AvgIpc) is 3.29. The Kier molecular flexibility index (Phi) is 5.17. The Labute approximate surface area is 143 Å². The van der Waals surface area contributed by atoms with Crippen molar-refractivity contribution in [2.75, 3.05) is 6.54 Å². The van der Waals surface area contributed by atoms with Gasteiger partial charge in [-0.05, 0) is 30.5 Å². The van der Waals surface area contributed by atoms with E-state index in [2.05, 4.69) is 25.5 Å². The third kappa shape index (κ3) is 3.96. The van der Waals surface area contributed by atoms with Crippen molar-refractivity contribution in [1.29, 1.82) is 0 Å². The quantitative estimate of drug-likeness (QED) is 0.721. The van der Waals surface area contributed by atoms with Gasteiger partial charge in [-0.2, -0.15) is 5.10 Å². The Morgan fingerprint density at radius 2 is 2.25 bits per heavy atom. The zero-order valence-corrected chi connectivity index (χ0v) is 14.1. The summed E-state index contributed by atoms with van der Waals surface area (Å²) in [5.74, 6) is 1.27. The number of rotatable bonds is 6. The monoisotopic (exact) mass is 342 g/mol. The topological polar surface area (TPSA) is 86.8 Å². The molecule has 0 radical (unpaired) electrons. The van der Waals surface area contributed by atoms with Crippen molar-refractivity contribution in [3.8, 4) is 10.7 Å². The van der Waals surface area contributed by atoms with Gasteiger partial charge in [-0.3, -0.25) is 10.1 Å². The molecule has 0 bridgehead atoms. The summed E-state index contributed by atoms with van der Waals surface area (Å²) in [7, 11) is 0. The molecular weight excluding hydrogens is 324 g/mol. The molecule has 7 nitrogen and oxygen atoms in total. The zero-order valence-electron chi connectivity index (χ0n) is 13.3. The summed E-state index contributed by atoms with van der Waals surface area (Å²) in [6, 6.07) is 9.43. The predicted molar refractivity (Wildman–Crippen MR) is 92.3 cm³/mol. The molecule has 24 heavy (non-hydrogen) atoms. The highest BCUT2D eigenvalue weighted by Gasteiger charge is 2.13. The van der Waals surface area contributed by atoms with Crippen LogP contribution in [-0.2, 0) is 13.1 Å². The largest absolute Gasteiger partial charge is 0.331 e. The zero-order chi connectivity index (χ0) is 16.8. The third-order valence-corrected chi connectivity index (χ3v) is 4.29. The van der Waals surface area contributed by atoms with Gasteiger partial charge in [0.15, 0.2) is 5.82 Å². The SMILES string of the molecule is CCN(Cc1ccccn1)C(=O)NCc1nc(-c2cccs2)n[nH]1. The summed E-state index contributed by atoms with van der Waals surface area (Å²) >= 11 is 1.58. The molecule has 3 aromatic rings. The molecule has 124 valence electrons. The normalized spacial score (nSPS) is 10.5. The molecular formula is C16H18N6OS. The average molecular weight is 342 g/mol. The maximum atomic E-state index is 12.3. The van der Waals surface area contributed by atoms with Crippen LogP contribution in [0.15, 0.2) is 41.9 Å². The Morgan fingerprint density at radius 3 is 2.96 bits per heavy atom. The molecule has 0 saturated heterocycles. The van der Waals surface area contributed by atoms with E-state index in [1.54, 1.807) is 22.4 Å². The number of urea groups is 1. The van der Waals surface area contributed by atoms with Gasteiger partial charge in [-0.15, -0.1) is 11.3 Å². The van der Waals surface area contributed by atoms with E-state index in [0.29, 0.717) is 31.3 Å². The van der Waals surface area contributed by atoms with Crippen LogP contribution in [0.4, 0.5) is 4.79 Å². The summed E-state index contributed by atoms with van der Waals surface area (Å²) in [5.41, 5.74) is 0.856. The minimum atomic E-state index is -0.155. The van der Waals surface area contributed by atoms with Crippen LogP contribution in [-0.4, -0.2) is 37.6 Å². The predicted octanol–water partition coefficient (Wildman–Crippen LogP) is 2.66. The van der Waals surface area contributed by atoms with Crippen molar-refractivity contribution in [3.05, 3.63) is 53.4 Å². The molecule has 3 rings (SSSR count). The highest BCUT2D eigenvalue weighted by Crippen LogP contribution is 2.20. The molecule has 8 heteroatoms. The number of hydrogen-bond donors (Lipinski definition) is 2. The van der Waals surface area contributed by atoms with E-state index in [4.69, 9.17) is 0 Å². The molecule has 0 aromatic carbocycles. The molecule has 0 fully saturated rings. The van der Waals surface area contributed by atoms with Gasteiger partial charge < -0.3 is 10.2 Å². The van der Waals surface area contributed by atoms with E-state index < -0.39 is 0 Å². The number of H-pyrrole nitrogens is 1. The van der Waals surface area contributed by atoms with Crippen molar-refractivity contribution in [3.63, 3.8) is 0 Å². The fourth-order valence-corrected chi connectivity index (χ4v) is 2.83. The Balaban J connectivity index is 1.56. The minimum Gasteiger partial charge on any atom is -0.331 e. The molecule has 2 N–H and O–H groups in total. The molecule has 0 atom stereocenters. The maximum absolute atomic E-state index is 12.3. The smallest absolute Gasteiger partial charge is 0.318 e. The van der Waals surface area contributed by atoms with Gasteiger partial charge in [0.2, 0.25) is 0 Å². The minimum absolute atomic E-state index is 0.155. The number of nitrogens with one attached hydrogen (secondary N) is 2. The van der Waals surface area contributed by atoms with Crippen LogP contribution in [0.3, 0.4) is 0 Å². The van der Waals surface area contributed by atoms with E-state index in [9.17, 15) is 4.79 Å². The molecule has 0 aliphatic rings. The summed E-state index contributed by atoms with van der Waals surface area (Å²) < 4.78 is 0. The lowest BCUT2D eigenvalue weighted by Gasteiger charge is -2.20. The van der Waals surface area contributed by atoms with Crippen LogP contribution in [0.1, 0.15) is 18.4 Å². The number of hydrogen-bond acceptors (Lipinski definition) is 5. The molecule has 3 aromatic heterocycles. The lowest BCUT2D eigenvalue weighted by molar-refractivity contribution is 0.196. The number of pyridine rings is 1. The molecule has 0 saturated carbocycles. The Morgan fingerprint density at radius 1 is 1.33 bits per heavy atom. The second-order valence-electron chi connectivity index (χ2n) is 5.08. The molecule has 0 aliphatic carbocycles. The number of carbonyl (C=O) groups is 1. The van der Waals surface area contributed by atoms with E-state index >= 15 is 0 Å². The third-order valence-electron chi connectivity index (χ3n) is 3.43. The Hall–Kier alpha value is -2.74. The van der Waals surface area contributed by atoms with Crippen molar-refractivity contribution < 1.29 is 4.79 Å². The Bertz CT molecular complexity index is 771. The number of carbonyl (C=O) groups excluding carboxylic acids is 1. The maximum Gasteiger partial charge on any atom is 0.318 e. The van der Waals surface area contributed by atoms with Crippen LogP contribution < -0.4 is 5.32 Å². The second kappa shape index (κ2) is 7.69. The van der Waals surface area contributed by atoms with E-state index in [1.807, 2.05) is 42.6 Å². The number of aromatic amines is 1. The van der Waals surface area contributed by atoms with Crippen LogP contribution in [0.5, 0.6) is 0 Å². The lowest BCUT2D eigenvalue weighted by Crippen LogP contribution is -2.39. The molecule has 0 spiro atoms. The van der Waals surface area contributed by atoms with E-state index in [0.717, 1.165) is 10.6 Å². The first kappa shape index (κ1) is 16.1. The number of nitrogens with zero attached hydrogens (tertiary/aromatic N) is 4. The molecule has 0 unspecified atom stereocenters. The first-order valence-electron chi connectivity index (χ1n) is 7.64. The highest BCUT2D eigenvalue weighted by atomic mass is 32.1. The van der Waals surface area contributed by atoms with Crippen molar-refractivity contribution in [1.82, 2.24) is 30.4 Å². The van der Waals surface area contributed by atoms with Crippen LogP contribution >= 0.6 is 11.3 Å². The van der Waals surface area contributed by atoms with Crippen molar-refractivity contribution in [2.24, 2.45) is 0 Å². The fraction of sp³-hybridized carbons (Fsp3) is 0.250. The van der Waals surface area contributed by atoms with Crippen LogP contribution in [0.25, 0.3) is 10.7 Å². The van der Waals surface area contributed by atoms with Gasteiger partial charge in [0, 0.05) is 12.7 Å². The lowest BCUT2D eigenvalue weighted by atomic mass is 10.3. The molecule has 0 aliphatic heterocycles. The first-order chi connectivity index (χ1) is 11.8. The van der Waals surface area contributed by atoms with Crippen LogP contribution in [0, 0.1) is 0 Å². The molecule has 2 amide bonds. The van der Waals surface area contributed by atoms with Gasteiger partial charge in [0.25, 0.3) is 0 Å². The summed E-state index contributed by atoms with van der Waals surface area (Å²) in [4.78, 5) is 23.6. The number of amides is 2. The standard InChI is InChI=1S/C16H18N6OS/c1-2-22(11-12-6-3-4-8-17-12)16(23)18-10-14-19-15(21-20-14)13-7-5-9-24-13/h3-9H,2,10-11H2,1H3,(H,18,23)(H,19,20,21). The molecule has 3 heterocycles. The van der Waals surface area contributed by atoms with E-state index in [-0.39, 0.29) is 6.03 Å². The van der Waals surface area contributed by atoms with Gasteiger partial charge in [0.1, 0.15) is 5.82 Å². The fourth-order valence-electron chi connectivity index (χ4n) is 2.18. The second-order valence-corrected chi connectivity index (χ2v) is 6.02. The first-order valence-corrected chi connectivity index (χ1v) is 8.52. The van der Waals surface area contributed by atoms with Crippen molar-refractivity contribution >= 4 is 17.4 Å². The van der Waals surface area contributed by atoms with Gasteiger partial charge in [0.05, 0.1) is 23.7 Å². The number of aromatic nitrogens is 4. The summed E-state index contributed by atoms with van der Waals surface area (Å²) in [6.07, 6.45) is 1.72. The van der Waals surface area contributed by atoms with Crippen molar-refractivity contribution in [2.45, 2.75) is 20.0 Å². The summed E-state index contributed by atoms with van der Waals surface area (Å²) in [6.45, 7) is 3.31. The van der Waals surface area contributed by atoms with Gasteiger partial charge in [-0.25, -0.2) is 9.78 Å². The highest BCUT2D eigenvalue weighted by molar-refractivity contribution is 7.13. The van der Waals surface area contributed by atoms with Gasteiger partial charge in [-0.1, -0.05) is 12.1 Å².